The Bertz CT molecular complexity index is 767. The lowest BCUT2D eigenvalue weighted by atomic mass is 10.1. The number of carboxylic acid groups (broad SMARTS) is 1. The summed E-state index contributed by atoms with van der Waals surface area (Å²) in [5.41, 5.74) is 1.75. The minimum Gasteiger partial charge on any atom is -0.545 e. The third-order valence-corrected chi connectivity index (χ3v) is 3.11. The van der Waals surface area contributed by atoms with Crippen molar-refractivity contribution in [3.8, 4) is 0 Å². The molecule has 0 heterocycles. The van der Waals surface area contributed by atoms with Gasteiger partial charge in [-0.25, -0.2) is 0 Å². The summed E-state index contributed by atoms with van der Waals surface area (Å²) in [6.07, 6.45) is 0. The molecule has 2 N–H and O–H groups in total. The second-order valence-corrected chi connectivity index (χ2v) is 5.05. The highest BCUT2D eigenvalue weighted by Crippen LogP contribution is 2.18. The number of anilines is 2. The van der Waals surface area contributed by atoms with E-state index in [2.05, 4.69) is 10.6 Å². The lowest BCUT2D eigenvalue weighted by Gasteiger charge is -2.13. The van der Waals surface area contributed by atoms with Crippen LogP contribution in [0.3, 0.4) is 0 Å². The highest BCUT2D eigenvalue weighted by atomic mass is 16.4. The normalized spacial score (nSPS) is 10.0. The predicted molar refractivity (Wildman–Crippen MR) is 84.2 cm³/mol. The summed E-state index contributed by atoms with van der Waals surface area (Å²) >= 11 is 0. The number of carboxylic acids is 1. The van der Waals surface area contributed by atoms with Crippen molar-refractivity contribution in [3.05, 3.63) is 59.2 Å². The van der Waals surface area contributed by atoms with Crippen LogP contribution in [0.5, 0.6) is 0 Å². The van der Waals surface area contributed by atoms with E-state index >= 15 is 0 Å². The van der Waals surface area contributed by atoms with Crippen molar-refractivity contribution < 1.29 is 19.5 Å². The summed E-state index contributed by atoms with van der Waals surface area (Å²) < 4.78 is 0. The number of benzene rings is 2. The predicted octanol–water partition coefficient (Wildman–Crippen LogP) is 1.57. The van der Waals surface area contributed by atoms with Crippen LogP contribution in [0.15, 0.2) is 42.5 Å². The number of hydrogen-bond acceptors (Lipinski definition) is 4. The van der Waals surface area contributed by atoms with Gasteiger partial charge in [0.1, 0.15) is 0 Å². The van der Waals surface area contributed by atoms with Crippen LogP contribution >= 0.6 is 0 Å². The average molecular weight is 311 g/mol. The largest absolute Gasteiger partial charge is 0.545 e. The smallest absolute Gasteiger partial charge is 0.255 e. The Morgan fingerprint density at radius 3 is 2.17 bits per heavy atom. The molecule has 2 amide bonds. The average Bonchev–Trinajstić information content (AvgIpc) is 2.49. The van der Waals surface area contributed by atoms with Crippen LogP contribution in [0.25, 0.3) is 0 Å². The summed E-state index contributed by atoms with van der Waals surface area (Å²) in [6.45, 7) is 3.14. The summed E-state index contributed by atoms with van der Waals surface area (Å²) in [5, 5.41) is 16.3. The topological polar surface area (TPSA) is 98.3 Å². The molecule has 0 radical (unpaired) electrons. The van der Waals surface area contributed by atoms with E-state index < -0.39 is 11.9 Å². The van der Waals surface area contributed by atoms with Gasteiger partial charge in [0.05, 0.1) is 11.7 Å². The monoisotopic (exact) mass is 311 g/mol. The first-order chi connectivity index (χ1) is 10.9. The summed E-state index contributed by atoms with van der Waals surface area (Å²) in [5.74, 6) is -2.02. The van der Waals surface area contributed by atoms with Crippen molar-refractivity contribution in [1.82, 2.24) is 0 Å². The minimum atomic E-state index is -1.36. The number of rotatable bonds is 4. The number of aromatic carboxylic acids is 1. The van der Waals surface area contributed by atoms with E-state index in [9.17, 15) is 19.5 Å². The van der Waals surface area contributed by atoms with E-state index in [1.165, 1.54) is 31.2 Å². The van der Waals surface area contributed by atoms with E-state index in [-0.39, 0.29) is 17.2 Å². The molecule has 118 valence electrons. The van der Waals surface area contributed by atoms with Crippen molar-refractivity contribution in [2.75, 3.05) is 10.6 Å². The van der Waals surface area contributed by atoms with Crippen LogP contribution in [-0.2, 0) is 4.79 Å². The highest BCUT2D eigenvalue weighted by Gasteiger charge is 2.10. The fraction of sp³-hybridized carbons (Fsp3) is 0.118. The molecule has 0 bridgehead atoms. The van der Waals surface area contributed by atoms with Crippen LogP contribution in [0.2, 0.25) is 0 Å². The second-order valence-electron chi connectivity index (χ2n) is 5.05. The Morgan fingerprint density at radius 1 is 0.957 bits per heavy atom. The molecule has 0 aliphatic rings. The molecule has 0 atom stereocenters. The molecule has 2 rings (SSSR count). The van der Waals surface area contributed by atoms with Crippen LogP contribution in [-0.4, -0.2) is 17.8 Å². The van der Waals surface area contributed by atoms with Crippen LogP contribution in [0, 0.1) is 6.92 Å². The molecule has 2 aromatic carbocycles. The molecule has 0 saturated carbocycles. The molecule has 23 heavy (non-hydrogen) atoms. The molecule has 2 aromatic rings. The van der Waals surface area contributed by atoms with Gasteiger partial charge in [0.25, 0.3) is 5.91 Å². The van der Waals surface area contributed by atoms with E-state index in [4.69, 9.17) is 0 Å². The Balaban J connectivity index is 2.19. The Hall–Kier alpha value is -3.15. The van der Waals surface area contributed by atoms with Crippen LogP contribution in [0.4, 0.5) is 11.4 Å². The summed E-state index contributed by atoms with van der Waals surface area (Å²) in [4.78, 5) is 34.3. The Kier molecular flexibility index (Phi) is 4.75. The third kappa shape index (κ3) is 4.16. The standard InChI is InChI=1S/C17H16N2O4/c1-10-3-8-15(14(9-10)17(22)23)19-16(21)12-4-6-13(7-5-12)18-11(2)20/h3-9H,1-2H3,(H,18,20)(H,19,21)(H,22,23)/p-1. The van der Waals surface area contributed by atoms with E-state index in [0.29, 0.717) is 11.3 Å². The fourth-order valence-electron chi connectivity index (χ4n) is 2.04. The Morgan fingerprint density at radius 2 is 1.61 bits per heavy atom. The van der Waals surface area contributed by atoms with E-state index in [1.54, 1.807) is 25.1 Å². The van der Waals surface area contributed by atoms with Gasteiger partial charge in [0.2, 0.25) is 5.91 Å². The number of hydrogen-bond donors (Lipinski definition) is 2. The molecule has 0 unspecified atom stereocenters. The first-order valence-corrected chi connectivity index (χ1v) is 6.88. The zero-order valence-electron chi connectivity index (χ0n) is 12.7. The van der Waals surface area contributed by atoms with Gasteiger partial charge in [-0.2, -0.15) is 0 Å². The van der Waals surface area contributed by atoms with Crippen molar-refractivity contribution in [3.63, 3.8) is 0 Å². The van der Waals surface area contributed by atoms with Gasteiger partial charge >= 0.3 is 0 Å². The molecule has 0 spiro atoms. The molecular weight excluding hydrogens is 296 g/mol. The summed E-state index contributed by atoms with van der Waals surface area (Å²) in [6, 6.07) is 10.9. The van der Waals surface area contributed by atoms with Crippen molar-refractivity contribution in [2.24, 2.45) is 0 Å². The zero-order valence-corrected chi connectivity index (χ0v) is 12.7. The van der Waals surface area contributed by atoms with Gasteiger partial charge in [0.15, 0.2) is 0 Å². The van der Waals surface area contributed by atoms with Crippen molar-refractivity contribution in [2.45, 2.75) is 13.8 Å². The van der Waals surface area contributed by atoms with Gasteiger partial charge in [-0.15, -0.1) is 0 Å². The van der Waals surface area contributed by atoms with Crippen molar-refractivity contribution in [1.29, 1.82) is 0 Å². The first-order valence-electron chi connectivity index (χ1n) is 6.88. The maximum atomic E-state index is 12.2. The molecule has 0 aliphatic heterocycles. The lowest BCUT2D eigenvalue weighted by Crippen LogP contribution is -2.25. The molecule has 0 aliphatic carbocycles. The second kappa shape index (κ2) is 6.74. The van der Waals surface area contributed by atoms with Crippen LogP contribution < -0.4 is 15.7 Å². The van der Waals surface area contributed by atoms with Gasteiger partial charge in [-0.05, 0) is 43.3 Å². The molecule has 0 aromatic heterocycles. The van der Waals surface area contributed by atoms with E-state index in [0.717, 1.165) is 5.56 Å². The molecule has 0 fully saturated rings. The SMILES string of the molecule is CC(=O)Nc1ccc(C(=O)Nc2ccc(C)cc2C(=O)[O-])cc1. The number of nitrogens with one attached hydrogen (secondary N) is 2. The van der Waals surface area contributed by atoms with Gasteiger partial charge in [0, 0.05) is 23.7 Å². The molecule has 6 heteroatoms. The summed E-state index contributed by atoms with van der Waals surface area (Å²) in [7, 11) is 0. The number of amides is 2. The molecule has 6 nitrogen and oxygen atoms in total. The zero-order chi connectivity index (χ0) is 17.0. The Labute approximate surface area is 133 Å². The van der Waals surface area contributed by atoms with Crippen LogP contribution in [0.1, 0.15) is 33.2 Å². The quantitative estimate of drug-likeness (QED) is 0.895. The third-order valence-electron chi connectivity index (χ3n) is 3.11. The minimum absolute atomic E-state index is 0.0757. The van der Waals surface area contributed by atoms with Crippen molar-refractivity contribution >= 4 is 29.2 Å². The first kappa shape index (κ1) is 16.2. The lowest BCUT2D eigenvalue weighted by molar-refractivity contribution is -0.254. The van der Waals surface area contributed by atoms with E-state index in [1.807, 2.05) is 0 Å². The number of carbonyl (C=O) groups excluding carboxylic acids is 3. The van der Waals surface area contributed by atoms with Gasteiger partial charge in [-0.3, -0.25) is 9.59 Å². The van der Waals surface area contributed by atoms with Gasteiger partial charge in [-0.1, -0.05) is 11.6 Å². The maximum absolute atomic E-state index is 12.2. The molecular formula is C17H15N2O4-. The number of aryl methyl sites for hydroxylation is 1. The fourth-order valence-corrected chi connectivity index (χ4v) is 2.04. The highest BCUT2D eigenvalue weighted by molar-refractivity contribution is 6.07. The van der Waals surface area contributed by atoms with Gasteiger partial charge < -0.3 is 20.5 Å². The maximum Gasteiger partial charge on any atom is 0.255 e. The molecule has 0 saturated heterocycles. The number of carbonyl (C=O) groups is 3.